The van der Waals surface area contributed by atoms with E-state index in [0.29, 0.717) is 19.5 Å². The molecule has 0 unspecified atom stereocenters. The van der Waals surface area contributed by atoms with E-state index >= 15 is 0 Å². The van der Waals surface area contributed by atoms with E-state index in [0.717, 1.165) is 11.1 Å². The van der Waals surface area contributed by atoms with Crippen molar-refractivity contribution in [2.45, 2.75) is 43.2 Å². The zero-order valence-corrected chi connectivity index (χ0v) is 23.7. The highest BCUT2D eigenvalue weighted by Gasteiger charge is 2.71. The second-order valence-corrected chi connectivity index (χ2v) is 11.3. The monoisotopic (exact) mass is 585 g/mol. The number of amides is 3. The van der Waals surface area contributed by atoms with Crippen LogP contribution in [-0.2, 0) is 35.2 Å². The molecule has 43 heavy (non-hydrogen) atoms. The minimum absolute atomic E-state index is 0.0631. The highest BCUT2D eigenvalue weighted by molar-refractivity contribution is 5.99. The molecule has 2 fully saturated rings. The number of β-amino-alcohol motifs (C(OH)–C–C–N with tert-alkyl or cyclic N) is 1. The van der Waals surface area contributed by atoms with Crippen LogP contribution in [-0.4, -0.2) is 82.6 Å². The molecule has 0 saturated carbocycles. The molecule has 10 nitrogen and oxygen atoms in total. The summed E-state index contributed by atoms with van der Waals surface area (Å²) in [4.78, 5) is 58.0. The van der Waals surface area contributed by atoms with Gasteiger partial charge in [-0.05, 0) is 17.5 Å². The van der Waals surface area contributed by atoms with E-state index in [9.17, 15) is 24.3 Å². The van der Waals surface area contributed by atoms with Crippen LogP contribution in [0.4, 0.5) is 0 Å². The SMILES string of the molecule is O=C1CC/C=C\[C@@H]2O[C@@]34C=CCN(Cc5ccccc5)C(=O)[C@@H]3N(CCO)C(=O)[C@H]4[C@@H]2C(=O)N[C@@H](c2ccccc2)CO1. The maximum atomic E-state index is 14.3. The van der Waals surface area contributed by atoms with E-state index in [1.54, 1.807) is 23.1 Å². The molecule has 0 aromatic heterocycles. The van der Waals surface area contributed by atoms with Gasteiger partial charge >= 0.3 is 5.97 Å². The van der Waals surface area contributed by atoms with Crippen LogP contribution >= 0.6 is 0 Å². The summed E-state index contributed by atoms with van der Waals surface area (Å²) in [5.74, 6) is -3.51. The number of cyclic esters (lactones) is 1. The molecule has 0 radical (unpaired) electrons. The first kappa shape index (κ1) is 28.8. The van der Waals surface area contributed by atoms with E-state index in [2.05, 4.69) is 5.32 Å². The quantitative estimate of drug-likeness (QED) is 0.406. The predicted octanol–water partition coefficient (Wildman–Crippen LogP) is 1.91. The Balaban J connectivity index is 1.39. The molecule has 4 aliphatic heterocycles. The molecule has 10 heteroatoms. The van der Waals surface area contributed by atoms with Gasteiger partial charge in [-0.15, -0.1) is 0 Å². The molecule has 2 aromatic carbocycles. The molecule has 0 aliphatic carbocycles. The van der Waals surface area contributed by atoms with E-state index in [-0.39, 0.29) is 38.1 Å². The lowest BCUT2D eigenvalue weighted by atomic mass is 9.77. The van der Waals surface area contributed by atoms with E-state index in [1.807, 2.05) is 66.7 Å². The summed E-state index contributed by atoms with van der Waals surface area (Å²) in [6, 6.07) is 17.1. The van der Waals surface area contributed by atoms with Crippen molar-refractivity contribution in [1.82, 2.24) is 15.1 Å². The third kappa shape index (κ3) is 5.36. The second kappa shape index (κ2) is 12.1. The number of carbonyl (C=O) groups is 4. The van der Waals surface area contributed by atoms with Crippen LogP contribution in [0.25, 0.3) is 0 Å². The molecule has 6 atom stereocenters. The van der Waals surface area contributed by atoms with E-state index < -0.39 is 47.4 Å². The lowest BCUT2D eigenvalue weighted by molar-refractivity contribution is -0.148. The minimum atomic E-state index is -1.42. The van der Waals surface area contributed by atoms with Crippen LogP contribution in [0.5, 0.6) is 0 Å². The smallest absolute Gasteiger partial charge is 0.306 e. The third-order valence-corrected chi connectivity index (χ3v) is 8.71. The van der Waals surface area contributed by atoms with E-state index in [4.69, 9.17) is 9.47 Å². The summed E-state index contributed by atoms with van der Waals surface area (Å²) >= 11 is 0. The lowest BCUT2D eigenvalue weighted by Crippen LogP contribution is -2.55. The largest absolute Gasteiger partial charge is 0.463 e. The van der Waals surface area contributed by atoms with Crippen molar-refractivity contribution >= 4 is 23.7 Å². The topological polar surface area (TPSA) is 125 Å². The van der Waals surface area contributed by atoms with Crippen LogP contribution in [0.3, 0.4) is 0 Å². The van der Waals surface area contributed by atoms with E-state index in [1.165, 1.54) is 4.90 Å². The van der Waals surface area contributed by atoms with Gasteiger partial charge in [0.05, 0.1) is 30.6 Å². The molecular formula is C33H35N3O7. The molecule has 1 spiro atoms. The summed E-state index contributed by atoms with van der Waals surface area (Å²) in [6.45, 7) is 0.161. The molecule has 4 heterocycles. The third-order valence-electron chi connectivity index (χ3n) is 8.71. The number of fused-ring (bicyclic) bond motifs is 2. The van der Waals surface area contributed by atoms with Gasteiger partial charge in [0.1, 0.15) is 18.2 Å². The van der Waals surface area contributed by atoms with Gasteiger partial charge in [-0.25, -0.2) is 0 Å². The van der Waals surface area contributed by atoms with Crippen LogP contribution in [0, 0.1) is 11.8 Å². The van der Waals surface area contributed by atoms with Gasteiger partial charge in [0, 0.05) is 26.1 Å². The number of aliphatic hydroxyl groups excluding tert-OH is 1. The van der Waals surface area contributed by atoms with Crippen LogP contribution in [0.15, 0.2) is 85.0 Å². The molecule has 4 aliphatic rings. The number of allylic oxidation sites excluding steroid dienone is 1. The number of hydrogen-bond donors (Lipinski definition) is 2. The zero-order valence-electron chi connectivity index (χ0n) is 23.7. The number of carbonyl (C=O) groups excluding carboxylic acids is 4. The fourth-order valence-electron chi connectivity index (χ4n) is 6.78. The highest BCUT2D eigenvalue weighted by Crippen LogP contribution is 2.52. The number of rotatable bonds is 5. The number of nitrogens with zero attached hydrogens (tertiary/aromatic N) is 2. The first-order valence-corrected chi connectivity index (χ1v) is 14.7. The second-order valence-electron chi connectivity index (χ2n) is 11.3. The van der Waals surface area contributed by atoms with Crippen molar-refractivity contribution in [3.8, 4) is 0 Å². The van der Waals surface area contributed by atoms with Gasteiger partial charge in [-0.1, -0.05) is 85.0 Å². The summed E-state index contributed by atoms with van der Waals surface area (Å²) < 4.78 is 12.2. The zero-order chi connectivity index (χ0) is 30.0. The van der Waals surface area contributed by atoms with Crippen molar-refractivity contribution < 1.29 is 33.8 Å². The fourth-order valence-corrected chi connectivity index (χ4v) is 6.78. The highest BCUT2D eigenvalue weighted by atomic mass is 16.5. The molecule has 2 saturated heterocycles. The first-order chi connectivity index (χ1) is 20.9. The Morgan fingerprint density at radius 1 is 0.953 bits per heavy atom. The maximum absolute atomic E-state index is 14.3. The Labute approximate surface area is 249 Å². The molecule has 6 rings (SSSR count). The Morgan fingerprint density at radius 3 is 2.44 bits per heavy atom. The van der Waals surface area contributed by atoms with Crippen molar-refractivity contribution in [3.05, 3.63) is 96.1 Å². The molecule has 0 bridgehead atoms. The van der Waals surface area contributed by atoms with Crippen molar-refractivity contribution in [2.75, 3.05) is 26.3 Å². The number of esters is 1. The average molecular weight is 586 g/mol. The molecule has 224 valence electrons. The van der Waals surface area contributed by atoms with Gasteiger partial charge in [0.25, 0.3) is 0 Å². The molecule has 3 amide bonds. The van der Waals surface area contributed by atoms with Crippen molar-refractivity contribution in [2.24, 2.45) is 11.8 Å². The van der Waals surface area contributed by atoms with Crippen LogP contribution < -0.4 is 5.32 Å². The van der Waals surface area contributed by atoms with Gasteiger partial charge in [-0.3, -0.25) is 19.2 Å². The fraction of sp³-hybridized carbons (Fsp3) is 0.394. The number of ether oxygens (including phenoxy) is 2. The average Bonchev–Trinajstić information content (AvgIpc) is 3.40. The lowest BCUT2D eigenvalue weighted by Gasteiger charge is -2.35. The standard InChI is InChI=1S/C33H35N3O7/c37-19-18-36-29-32(41)35(20-22-10-3-1-4-11-22)17-9-16-33(29)28(31(36)40)27-25(43-33)14-7-8-15-26(38)42-21-24(34-30(27)39)23-12-5-2-6-13-23/h1-7,9-14,16,24-25,27-29,37H,8,15,17-21H2,(H,34,39)/b14-7-/t24-,25+,27-,28-,29+,33-/m1/s1. The molecule has 2 N–H and O–H groups in total. The van der Waals surface area contributed by atoms with Crippen molar-refractivity contribution in [1.29, 1.82) is 0 Å². The summed E-state index contributed by atoms with van der Waals surface area (Å²) in [6.07, 6.45) is 6.78. The van der Waals surface area contributed by atoms with Crippen LogP contribution in [0.2, 0.25) is 0 Å². The first-order valence-electron chi connectivity index (χ1n) is 14.7. The summed E-state index contributed by atoms with van der Waals surface area (Å²) in [5, 5.41) is 12.9. The minimum Gasteiger partial charge on any atom is -0.463 e. The van der Waals surface area contributed by atoms with Gasteiger partial charge in [0.15, 0.2) is 0 Å². The summed E-state index contributed by atoms with van der Waals surface area (Å²) in [7, 11) is 0. The Morgan fingerprint density at radius 2 is 1.70 bits per heavy atom. The number of benzene rings is 2. The van der Waals surface area contributed by atoms with Gasteiger partial charge in [-0.2, -0.15) is 0 Å². The number of likely N-dealkylation sites (tertiary alicyclic amines) is 1. The normalized spacial score (nSPS) is 31.6. The number of nitrogens with one attached hydrogen (secondary N) is 1. The summed E-state index contributed by atoms with van der Waals surface area (Å²) in [5.41, 5.74) is 0.273. The van der Waals surface area contributed by atoms with Gasteiger partial charge in [0.2, 0.25) is 17.7 Å². The molecular weight excluding hydrogens is 550 g/mol. The van der Waals surface area contributed by atoms with Gasteiger partial charge < -0.3 is 29.7 Å². The van der Waals surface area contributed by atoms with Crippen LogP contribution in [0.1, 0.15) is 30.0 Å². The Hall–Kier alpha value is -4.28. The molecule has 2 aromatic rings. The van der Waals surface area contributed by atoms with Crippen molar-refractivity contribution in [3.63, 3.8) is 0 Å². The number of hydrogen-bond acceptors (Lipinski definition) is 7. The number of aliphatic hydroxyl groups is 1. The predicted molar refractivity (Wildman–Crippen MR) is 155 cm³/mol. The Kier molecular flexibility index (Phi) is 8.14. The maximum Gasteiger partial charge on any atom is 0.306 e. The Bertz CT molecular complexity index is 1430.